The van der Waals surface area contributed by atoms with Crippen molar-refractivity contribution in [1.82, 2.24) is 0 Å². The van der Waals surface area contributed by atoms with Crippen molar-refractivity contribution in [3.8, 4) is 0 Å². The highest BCUT2D eigenvalue weighted by molar-refractivity contribution is 6.30. The molecule has 0 heterocycles. The van der Waals surface area contributed by atoms with Crippen LogP contribution in [0.1, 0.15) is 24.9 Å². The van der Waals surface area contributed by atoms with Gasteiger partial charge in [0.1, 0.15) is 5.82 Å². The van der Waals surface area contributed by atoms with E-state index in [1.807, 2.05) is 18.2 Å². The average molecular weight is 264 g/mol. The van der Waals surface area contributed by atoms with Crippen LogP contribution in [0.25, 0.3) is 0 Å². The third-order valence-electron chi connectivity index (χ3n) is 2.81. The lowest BCUT2D eigenvalue weighted by Crippen LogP contribution is -2.09. The summed E-state index contributed by atoms with van der Waals surface area (Å²) in [6.45, 7) is 2.09. The van der Waals surface area contributed by atoms with E-state index in [0.717, 1.165) is 6.42 Å². The third kappa shape index (κ3) is 3.23. The largest absolute Gasteiger partial charge is 0.378 e. The number of halogens is 2. The van der Waals surface area contributed by atoms with Crippen molar-refractivity contribution in [2.24, 2.45) is 0 Å². The zero-order chi connectivity index (χ0) is 13.0. The highest BCUT2D eigenvalue weighted by Crippen LogP contribution is 2.25. The van der Waals surface area contributed by atoms with Gasteiger partial charge in [-0.15, -0.1) is 0 Å². The number of benzene rings is 2. The maximum atomic E-state index is 13.3. The van der Waals surface area contributed by atoms with Gasteiger partial charge in [0.25, 0.3) is 0 Å². The van der Waals surface area contributed by atoms with Crippen LogP contribution >= 0.6 is 11.6 Å². The Labute approximate surface area is 112 Å². The highest BCUT2D eigenvalue weighted by Gasteiger charge is 2.09. The molecule has 2 aromatic carbocycles. The summed E-state index contributed by atoms with van der Waals surface area (Å²) in [5, 5.41) is 3.71. The second-order valence-corrected chi connectivity index (χ2v) is 4.61. The molecule has 1 nitrogen and oxygen atoms in total. The second kappa shape index (κ2) is 5.87. The fourth-order valence-electron chi connectivity index (χ4n) is 1.94. The van der Waals surface area contributed by atoms with Crippen molar-refractivity contribution in [3.05, 3.63) is 64.9 Å². The molecule has 0 bridgehead atoms. The van der Waals surface area contributed by atoms with E-state index in [0.29, 0.717) is 10.7 Å². The van der Waals surface area contributed by atoms with Gasteiger partial charge in [-0.25, -0.2) is 4.39 Å². The van der Waals surface area contributed by atoms with E-state index in [4.69, 9.17) is 11.6 Å². The minimum Gasteiger partial charge on any atom is -0.378 e. The van der Waals surface area contributed by atoms with Gasteiger partial charge in [0.05, 0.1) is 6.04 Å². The van der Waals surface area contributed by atoms with E-state index in [2.05, 4.69) is 24.4 Å². The molecule has 94 valence electrons. The van der Waals surface area contributed by atoms with E-state index in [1.54, 1.807) is 6.07 Å². The van der Waals surface area contributed by atoms with Crippen molar-refractivity contribution in [3.63, 3.8) is 0 Å². The molecule has 0 amide bonds. The van der Waals surface area contributed by atoms with Crippen molar-refractivity contribution in [2.45, 2.75) is 19.4 Å². The highest BCUT2D eigenvalue weighted by atomic mass is 35.5. The molecule has 2 rings (SSSR count). The Morgan fingerprint density at radius 1 is 1.17 bits per heavy atom. The molecule has 0 aliphatic rings. The van der Waals surface area contributed by atoms with Gasteiger partial charge in [-0.2, -0.15) is 0 Å². The summed E-state index contributed by atoms with van der Waals surface area (Å²) >= 11 is 5.84. The number of anilines is 1. The Hall–Kier alpha value is -1.54. The molecule has 1 atom stereocenters. The average Bonchev–Trinajstić information content (AvgIpc) is 2.36. The first-order valence-electron chi connectivity index (χ1n) is 5.96. The minimum atomic E-state index is -0.326. The molecule has 0 radical (unpaired) electrons. The van der Waals surface area contributed by atoms with Crippen LogP contribution in [0.3, 0.4) is 0 Å². The molecular formula is C15H15ClFN. The summed E-state index contributed by atoms with van der Waals surface area (Å²) in [6, 6.07) is 14.7. The first-order chi connectivity index (χ1) is 8.69. The molecule has 0 fully saturated rings. The van der Waals surface area contributed by atoms with E-state index < -0.39 is 0 Å². The molecule has 0 saturated heterocycles. The molecule has 0 aromatic heterocycles. The summed E-state index contributed by atoms with van der Waals surface area (Å²) in [4.78, 5) is 0. The standard InChI is InChI=1S/C15H15ClFN/c1-2-15(11-6-4-3-5-7-11)18-14-9-12(16)8-13(17)10-14/h3-10,15,18H,2H2,1H3. The first kappa shape index (κ1) is 12.9. The Balaban J connectivity index is 2.20. The predicted octanol–water partition coefficient (Wildman–Crippen LogP) is 5.04. The molecular weight excluding hydrogens is 249 g/mol. The van der Waals surface area contributed by atoms with Crippen molar-refractivity contribution in [2.75, 3.05) is 5.32 Å². The zero-order valence-electron chi connectivity index (χ0n) is 10.2. The molecule has 0 aliphatic heterocycles. The maximum absolute atomic E-state index is 13.3. The third-order valence-corrected chi connectivity index (χ3v) is 3.03. The Kier molecular flexibility index (Phi) is 4.21. The van der Waals surface area contributed by atoms with E-state index in [9.17, 15) is 4.39 Å². The fraction of sp³-hybridized carbons (Fsp3) is 0.200. The van der Waals surface area contributed by atoms with Crippen LogP contribution in [0.15, 0.2) is 48.5 Å². The normalized spacial score (nSPS) is 12.2. The second-order valence-electron chi connectivity index (χ2n) is 4.17. The Morgan fingerprint density at radius 2 is 1.89 bits per heavy atom. The Bertz CT molecular complexity index is 493. The minimum absolute atomic E-state index is 0.157. The van der Waals surface area contributed by atoms with Crippen molar-refractivity contribution in [1.29, 1.82) is 0 Å². The van der Waals surface area contributed by atoms with Gasteiger partial charge in [-0.3, -0.25) is 0 Å². The molecule has 18 heavy (non-hydrogen) atoms. The summed E-state index contributed by atoms with van der Waals surface area (Å²) in [7, 11) is 0. The van der Waals surface area contributed by atoms with Crippen LogP contribution in [0, 0.1) is 5.82 Å². The Morgan fingerprint density at radius 3 is 2.50 bits per heavy atom. The number of rotatable bonds is 4. The maximum Gasteiger partial charge on any atom is 0.126 e. The van der Waals surface area contributed by atoms with Crippen molar-refractivity contribution < 1.29 is 4.39 Å². The molecule has 1 unspecified atom stereocenters. The van der Waals surface area contributed by atoms with E-state index in [-0.39, 0.29) is 11.9 Å². The number of hydrogen-bond donors (Lipinski definition) is 1. The lowest BCUT2D eigenvalue weighted by molar-refractivity contribution is 0.627. The predicted molar refractivity (Wildman–Crippen MR) is 74.5 cm³/mol. The van der Waals surface area contributed by atoms with Crippen LogP contribution in [0.2, 0.25) is 5.02 Å². The van der Waals surface area contributed by atoms with Gasteiger partial charge >= 0.3 is 0 Å². The molecule has 0 spiro atoms. The van der Waals surface area contributed by atoms with Gasteiger partial charge < -0.3 is 5.32 Å². The molecule has 0 saturated carbocycles. The van der Waals surface area contributed by atoms with Crippen LogP contribution < -0.4 is 5.32 Å². The molecule has 0 aliphatic carbocycles. The molecule has 1 N–H and O–H groups in total. The van der Waals surface area contributed by atoms with E-state index in [1.165, 1.54) is 17.7 Å². The zero-order valence-corrected chi connectivity index (χ0v) is 10.9. The van der Waals surface area contributed by atoms with Gasteiger partial charge in [-0.1, -0.05) is 48.9 Å². The van der Waals surface area contributed by atoms with Gasteiger partial charge in [-0.05, 0) is 30.2 Å². The molecule has 2 aromatic rings. The monoisotopic (exact) mass is 263 g/mol. The van der Waals surface area contributed by atoms with Crippen LogP contribution in [0.4, 0.5) is 10.1 Å². The fourth-order valence-corrected chi connectivity index (χ4v) is 2.17. The van der Waals surface area contributed by atoms with Gasteiger partial charge in [0.15, 0.2) is 0 Å². The number of nitrogens with one attached hydrogen (secondary N) is 1. The van der Waals surface area contributed by atoms with Crippen LogP contribution in [-0.4, -0.2) is 0 Å². The van der Waals surface area contributed by atoms with Crippen LogP contribution in [0.5, 0.6) is 0 Å². The van der Waals surface area contributed by atoms with Gasteiger partial charge in [0.2, 0.25) is 0 Å². The van der Waals surface area contributed by atoms with Crippen LogP contribution in [-0.2, 0) is 0 Å². The number of hydrogen-bond acceptors (Lipinski definition) is 1. The summed E-state index contributed by atoms with van der Waals surface area (Å²) in [5.74, 6) is -0.326. The lowest BCUT2D eigenvalue weighted by Gasteiger charge is -2.19. The lowest BCUT2D eigenvalue weighted by atomic mass is 10.0. The molecule has 3 heteroatoms. The SMILES string of the molecule is CCC(Nc1cc(F)cc(Cl)c1)c1ccccc1. The smallest absolute Gasteiger partial charge is 0.126 e. The first-order valence-corrected chi connectivity index (χ1v) is 6.34. The summed E-state index contributed by atoms with van der Waals surface area (Å²) < 4.78 is 13.3. The van der Waals surface area contributed by atoms with Crippen molar-refractivity contribution >= 4 is 17.3 Å². The topological polar surface area (TPSA) is 12.0 Å². The quantitative estimate of drug-likeness (QED) is 0.815. The summed E-state index contributed by atoms with van der Waals surface area (Å²) in [6.07, 6.45) is 0.915. The summed E-state index contributed by atoms with van der Waals surface area (Å²) in [5.41, 5.74) is 1.89. The van der Waals surface area contributed by atoms with Gasteiger partial charge in [0, 0.05) is 10.7 Å². The van der Waals surface area contributed by atoms with E-state index >= 15 is 0 Å².